The monoisotopic (exact) mass is 289 g/mol. The minimum atomic E-state index is 0.373. The van der Waals surface area contributed by atoms with E-state index in [-0.39, 0.29) is 0 Å². The van der Waals surface area contributed by atoms with Crippen molar-refractivity contribution in [1.82, 2.24) is 14.8 Å². The summed E-state index contributed by atoms with van der Waals surface area (Å²) in [6.45, 7) is 4.71. The van der Waals surface area contributed by atoms with Crippen molar-refractivity contribution >= 4 is 23.0 Å². The molecule has 0 amide bonds. The van der Waals surface area contributed by atoms with Crippen molar-refractivity contribution in [2.45, 2.75) is 20.3 Å². The molecule has 0 aliphatic carbocycles. The van der Waals surface area contributed by atoms with Gasteiger partial charge in [-0.3, -0.25) is 4.68 Å². The lowest BCUT2D eigenvalue weighted by molar-refractivity contribution is 0.711. The van der Waals surface area contributed by atoms with Crippen LogP contribution in [0.15, 0.2) is 18.3 Å². The minimum Gasteiger partial charge on any atom is -0.389 e. The number of pyridine rings is 1. The Morgan fingerprint density at radius 1 is 1.45 bits per heavy atom. The zero-order valence-electron chi connectivity index (χ0n) is 12.0. The molecule has 0 spiro atoms. The molecule has 3 N–H and O–H groups in total. The number of aromatic nitrogens is 3. The van der Waals surface area contributed by atoms with Crippen LogP contribution in [-0.4, -0.2) is 26.3 Å². The van der Waals surface area contributed by atoms with Crippen LogP contribution in [0.2, 0.25) is 0 Å². The molecule has 5 nitrogen and oxygen atoms in total. The van der Waals surface area contributed by atoms with E-state index in [1.807, 2.05) is 37.7 Å². The van der Waals surface area contributed by atoms with Crippen LogP contribution in [0.5, 0.6) is 0 Å². The molecule has 2 heterocycles. The molecule has 2 rings (SSSR count). The highest BCUT2D eigenvalue weighted by Crippen LogP contribution is 2.18. The van der Waals surface area contributed by atoms with Crippen molar-refractivity contribution < 1.29 is 0 Å². The smallest absolute Gasteiger partial charge is 0.136 e. The van der Waals surface area contributed by atoms with Gasteiger partial charge in [0.15, 0.2) is 0 Å². The predicted molar refractivity (Wildman–Crippen MR) is 85.0 cm³/mol. The van der Waals surface area contributed by atoms with Gasteiger partial charge in [-0.1, -0.05) is 12.2 Å². The SMILES string of the molecule is Cc1cc(C)c(C(N)=S)c(NCCc2ccnn2C)n1. The molecule has 0 bridgehead atoms. The summed E-state index contributed by atoms with van der Waals surface area (Å²) in [5, 5.41) is 7.47. The molecule has 0 aliphatic heterocycles. The van der Waals surface area contributed by atoms with Crippen molar-refractivity contribution in [2.75, 3.05) is 11.9 Å². The summed E-state index contributed by atoms with van der Waals surface area (Å²) in [7, 11) is 1.94. The number of nitrogens with one attached hydrogen (secondary N) is 1. The van der Waals surface area contributed by atoms with Crippen LogP contribution in [0.4, 0.5) is 5.82 Å². The lowest BCUT2D eigenvalue weighted by atomic mass is 10.1. The number of hydrogen-bond acceptors (Lipinski definition) is 4. The van der Waals surface area contributed by atoms with Gasteiger partial charge in [0.2, 0.25) is 0 Å². The summed E-state index contributed by atoms with van der Waals surface area (Å²) >= 11 is 5.11. The molecule has 20 heavy (non-hydrogen) atoms. The fourth-order valence-electron chi connectivity index (χ4n) is 2.23. The fourth-order valence-corrected chi connectivity index (χ4v) is 2.49. The van der Waals surface area contributed by atoms with Crippen LogP contribution in [0, 0.1) is 13.8 Å². The van der Waals surface area contributed by atoms with Crippen LogP contribution in [0.3, 0.4) is 0 Å². The third-order valence-corrected chi connectivity index (χ3v) is 3.39. The van der Waals surface area contributed by atoms with Gasteiger partial charge in [0.1, 0.15) is 10.8 Å². The van der Waals surface area contributed by atoms with Gasteiger partial charge in [0, 0.05) is 37.6 Å². The van der Waals surface area contributed by atoms with Crippen LogP contribution in [0.25, 0.3) is 0 Å². The Labute approximate surface area is 124 Å². The van der Waals surface area contributed by atoms with Crippen molar-refractivity contribution in [1.29, 1.82) is 0 Å². The van der Waals surface area contributed by atoms with Crippen molar-refractivity contribution in [2.24, 2.45) is 12.8 Å². The maximum Gasteiger partial charge on any atom is 0.136 e. The van der Waals surface area contributed by atoms with Gasteiger partial charge in [-0.25, -0.2) is 4.98 Å². The summed E-state index contributed by atoms with van der Waals surface area (Å²) in [6.07, 6.45) is 2.66. The quantitative estimate of drug-likeness (QED) is 0.820. The average molecular weight is 289 g/mol. The first-order chi connectivity index (χ1) is 9.49. The number of thiocarbonyl (C=S) groups is 1. The number of nitrogens with two attached hydrogens (primary N) is 1. The number of anilines is 1. The van der Waals surface area contributed by atoms with Gasteiger partial charge in [-0.15, -0.1) is 0 Å². The third kappa shape index (κ3) is 3.14. The second-order valence-electron chi connectivity index (χ2n) is 4.79. The van der Waals surface area contributed by atoms with E-state index in [1.54, 1.807) is 6.20 Å². The van der Waals surface area contributed by atoms with E-state index in [4.69, 9.17) is 18.0 Å². The lowest BCUT2D eigenvalue weighted by Gasteiger charge is -2.13. The first-order valence-corrected chi connectivity index (χ1v) is 6.88. The Morgan fingerprint density at radius 3 is 2.80 bits per heavy atom. The maximum absolute atomic E-state index is 5.79. The van der Waals surface area contributed by atoms with Gasteiger partial charge in [-0.05, 0) is 31.5 Å². The predicted octanol–water partition coefficient (Wildman–Crippen LogP) is 1.72. The highest BCUT2D eigenvalue weighted by molar-refractivity contribution is 7.80. The Kier molecular flexibility index (Phi) is 4.34. The Hall–Kier alpha value is -1.95. The highest BCUT2D eigenvalue weighted by Gasteiger charge is 2.11. The maximum atomic E-state index is 5.79. The van der Waals surface area contributed by atoms with Gasteiger partial charge < -0.3 is 11.1 Å². The first-order valence-electron chi connectivity index (χ1n) is 6.48. The second kappa shape index (κ2) is 6.00. The molecule has 0 saturated carbocycles. The normalized spacial score (nSPS) is 10.6. The van der Waals surface area contributed by atoms with Crippen LogP contribution in [-0.2, 0) is 13.5 Å². The Balaban J connectivity index is 2.13. The van der Waals surface area contributed by atoms with E-state index in [2.05, 4.69) is 15.4 Å². The van der Waals surface area contributed by atoms with E-state index in [0.29, 0.717) is 4.99 Å². The zero-order valence-corrected chi connectivity index (χ0v) is 12.8. The van der Waals surface area contributed by atoms with Gasteiger partial charge in [-0.2, -0.15) is 5.10 Å². The average Bonchev–Trinajstić information content (AvgIpc) is 2.73. The molecule has 106 valence electrons. The van der Waals surface area contributed by atoms with Gasteiger partial charge in [0.05, 0.1) is 5.56 Å². The zero-order chi connectivity index (χ0) is 14.7. The molecule has 0 fully saturated rings. The molecule has 2 aromatic rings. The molecule has 2 aromatic heterocycles. The molecule has 0 atom stereocenters. The standard InChI is InChI=1S/C14H19N5S/c1-9-8-10(2)18-14(12(9)13(15)20)16-6-4-11-5-7-17-19(11)3/h5,7-8H,4,6H2,1-3H3,(H2,15,20)(H,16,18). The van der Waals surface area contributed by atoms with E-state index in [1.165, 1.54) is 5.69 Å². The van der Waals surface area contributed by atoms with Crippen LogP contribution >= 0.6 is 12.2 Å². The molecule has 0 radical (unpaired) electrons. The molecular formula is C14H19N5S. The molecule has 6 heteroatoms. The summed E-state index contributed by atoms with van der Waals surface area (Å²) in [6, 6.07) is 3.99. The molecular weight excluding hydrogens is 270 g/mol. The molecule has 0 saturated heterocycles. The molecule has 0 unspecified atom stereocenters. The first kappa shape index (κ1) is 14.5. The summed E-state index contributed by atoms with van der Waals surface area (Å²) in [4.78, 5) is 4.87. The highest BCUT2D eigenvalue weighted by atomic mass is 32.1. The lowest BCUT2D eigenvalue weighted by Crippen LogP contribution is -2.18. The summed E-state index contributed by atoms with van der Waals surface area (Å²) in [5.74, 6) is 0.761. The number of hydrogen-bond donors (Lipinski definition) is 2. The Morgan fingerprint density at radius 2 is 2.20 bits per heavy atom. The third-order valence-electron chi connectivity index (χ3n) is 3.19. The van der Waals surface area contributed by atoms with Crippen LogP contribution in [0.1, 0.15) is 22.5 Å². The number of nitrogens with zero attached hydrogens (tertiary/aromatic N) is 3. The van der Waals surface area contributed by atoms with Crippen molar-refractivity contribution in [3.8, 4) is 0 Å². The van der Waals surface area contributed by atoms with Gasteiger partial charge in [0.25, 0.3) is 0 Å². The van der Waals surface area contributed by atoms with Crippen molar-refractivity contribution in [3.63, 3.8) is 0 Å². The van der Waals surface area contributed by atoms with E-state index < -0.39 is 0 Å². The second-order valence-corrected chi connectivity index (χ2v) is 5.23. The minimum absolute atomic E-state index is 0.373. The van der Waals surface area contributed by atoms with E-state index in [0.717, 1.165) is 35.6 Å². The molecule has 0 aliphatic rings. The topological polar surface area (TPSA) is 68.8 Å². The van der Waals surface area contributed by atoms with E-state index >= 15 is 0 Å². The molecule has 0 aromatic carbocycles. The number of aryl methyl sites for hydroxylation is 3. The van der Waals surface area contributed by atoms with Gasteiger partial charge >= 0.3 is 0 Å². The largest absolute Gasteiger partial charge is 0.389 e. The van der Waals surface area contributed by atoms with Crippen LogP contribution < -0.4 is 11.1 Å². The van der Waals surface area contributed by atoms with Crippen molar-refractivity contribution in [3.05, 3.63) is 40.8 Å². The summed E-state index contributed by atoms with van der Waals surface area (Å²) in [5.41, 5.74) is 9.79. The van der Waals surface area contributed by atoms with E-state index in [9.17, 15) is 0 Å². The number of rotatable bonds is 5. The fraction of sp³-hybridized carbons (Fsp3) is 0.357. The Bertz CT molecular complexity index is 632. The summed E-state index contributed by atoms with van der Waals surface area (Å²) < 4.78 is 1.87.